The van der Waals surface area contributed by atoms with E-state index in [4.69, 9.17) is 9.15 Å². The standard InChI is InChI=1S/C21H16FNO5/c1-13(24)14-6-4-7-16(9-14)23-21(26)19-10-18(25)20(12-28-19)27-11-15-5-2-3-8-17(15)22/h2-10,12H,11H2,1H3,(H,23,26). The van der Waals surface area contributed by atoms with Crippen molar-refractivity contribution in [2.75, 3.05) is 5.32 Å². The van der Waals surface area contributed by atoms with E-state index >= 15 is 0 Å². The highest BCUT2D eigenvalue weighted by molar-refractivity contribution is 6.03. The summed E-state index contributed by atoms with van der Waals surface area (Å²) in [6.07, 6.45) is 1.00. The number of Topliss-reactive ketones (excluding diaryl/α,β-unsaturated/α-hetero) is 1. The molecule has 1 heterocycles. The third kappa shape index (κ3) is 4.50. The molecule has 0 saturated carbocycles. The molecule has 1 N–H and O–H groups in total. The van der Waals surface area contributed by atoms with Crippen molar-refractivity contribution < 1.29 is 23.1 Å². The van der Waals surface area contributed by atoms with Crippen molar-refractivity contribution in [1.82, 2.24) is 0 Å². The predicted molar refractivity (Wildman–Crippen MR) is 100 cm³/mol. The van der Waals surface area contributed by atoms with Gasteiger partial charge in [-0.1, -0.05) is 30.3 Å². The quantitative estimate of drug-likeness (QED) is 0.656. The normalized spacial score (nSPS) is 10.4. The van der Waals surface area contributed by atoms with Crippen LogP contribution in [-0.4, -0.2) is 11.7 Å². The summed E-state index contributed by atoms with van der Waals surface area (Å²) in [6.45, 7) is 1.26. The monoisotopic (exact) mass is 381 g/mol. The van der Waals surface area contributed by atoms with Gasteiger partial charge in [0.2, 0.25) is 11.2 Å². The van der Waals surface area contributed by atoms with Crippen LogP contribution in [0, 0.1) is 5.82 Å². The first kappa shape index (κ1) is 19.0. The molecular formula is C21H16FNO5. The number of ketones is 1. The molecule has 6 nitrogen and oxygen atoms in total. The first-order chi connectivity index (χ1) is 13.4. The van der Waals surface area contributed by atoms with E-state index in [1.165, 1.54) is 25.1 Å². The average molecular weight is 381 g/mol. The Labute approximate surface area is 159 Å². The summed E-state index contributed by atoms with van der Waals surface area (Å²) in [5.41, 5.74) is 0.538. The SMILES string of the molecule is CC(=O)c1cccc(NC(=O)c2cc(=O)c(OCc3ccccc3F)co2)c1. The summed E-state index contributed by atoms with van der Waals surface area (Å²) >= 11 is 0. The summed E-state index contributed by atoms with van der Waals surface area (Å²) < 4.78 is 24.0. The maximum absolute atomic E-state index is 13.6. The molecule has 2 aromatic carbocycles. The van der Waals surface area contributed by atoms with E-state index in [1.54, 1.807) is 30.3 Å². The van der Waals surface area contributed by atoms with Gasteiger partial charge >= 0.3 is 0 Å². The molecule has 0 aliphatic rings. The van der Waals surface area contributed by atoms with Crippen LogP contribution in [0.25, 0.3) is 0 Å². The topological polar surface area (TPSA) is 85.6 Å². The maximum atomic E-state index is 13.6. The summed E-state index contributed by atoms with van der Waals surface area (Å²) in [5.74, 6) is -1.61. The van der Waals surface area contributed by atoms with Gasteiger partial charge in [0.1, 0.15) is 18.7 Å². The highest BCUT2D eigenvalue weighted by Gasteiger charge is 2.13. The molecule has 0 spiro atoms. The van der Waals surface area contributed by atoms with Gasteiger partial charge in [-0.2, -0.15) is 0 Å². The van der Waals surface area contributed by atoms with Crippen molar-refractivity contribution in [2.45, 2.75) is 13.5 Å². The average Bonchev–Trinajstić information content (AvgIpc) is 2.68. The molecule has 1 amide bonds. The van der Waals surface area contributed by atoms with Gasteiger partial charge in [0.25, 0.3) is 5.91 Å². The molecule has 3 aromatic rings. The Morgan fingerprint density at radius 2 is 1.89 bits per heavy atom. The Hall–Kier alpha value is -3.74. The minimum absolute atomic E-state index is 0.140. The van der Waals surface area contributed by atoms with Crippen molar-refractivity contribution in [2.24, 2.45) is 0 Å². The van der Waals surface area contributed by atoms with Crippen molar-refractivity contribution in [3.63, 3.8) is 0 Å². The number of hydrogen-bond acceptors (Lipinski definition) is 5. The van der Waals surface area contributed by atoms with Crippen LogP contribution in [0.3, 0.4) is 0 Å². The zero-order valence-electron chi connectivity index (χ0n) is 14.9. The van der Waals surface area contributed by atoms with E-state index in [9.17, 15) is 18.8 Å². The van der Waals surface area contributed by atoms with Gasteiger partial charge in [-0.05, 0) is 25.1 Å². The van der Waals surface area contributed by atoms with E-state index in [1.807, 2.05) is 0 Å². The molecule has 3 rings (SSSR count). The zero-order chi connectivity index (χ0) is 20.1. The van der Waals surface area contributed by atoms with E-state index in [0.717, 1.165) is 12.3 Å². The Bertz CT molecular complexity index is 1090. The number of rotatable bonds is 6. The van der Waals surface area contributed by atoms with Gasteiger partial charge in [0.15, 0.2) is 11.5 Å². The van der Waals surface area contributed by atoms with E-state index in [2.05, 4.69) is 5.32 Å². The Kier molecular flexibility index (Phi) is 5.64. The predicted octanol–water partition coefficient (Wildman–Crippen LogP) is 3.81. The van der Waals surface area contributed by atoms with Gasteiger partial charge in [-0.3, -0.25) is 14.4 Å². The van der Waals surface area contributed by atoms with Crippen LogP contribution in [0.15, 0.2) is 70.1 Å². The smallest absolute Gasteiger partial charge is 0.291 e. The maximum Gasteiger partial charge on any atom is 0.291 e. The third-order valence-electron chi connectivity index (χ3n) is 3.89. The first-order valence-electron chi connectivity index (χ1n) is 8.35. The molecule has 0 aliphatic carbocycles. The number of ether oxygens (including phenoxy) is 1. The molecule has 0 atom stereocenters. The number of amides is 1. The summed E-state index contributed by atoms with van der Waals surface area (Å²) in [5, 5.41) is 2.55. The number of carbonyl (C=O) groups is 2. The fraction of sp³-hybridized carbons (Fsp3) is 0.0952. The molecule has 7 heteroatoms. The minimum Gasteiger partial charge on any atom is -0.482 e. The van der Waals surface area contributed by atoms with E-state index < -0.39 is 17.2 Å². The van der Waals surface area contributed by atoms with Crippen molar-refractivity contribution in [3.05, 3.63) is 93.8 Å². The molecule has 1 aromatic heterocycles. The number of anilines is 1. The van der Waals surface area contributed by atoms with Gasteiger partial charge in [-0.15, -0.1) is 0 Å². The fourth-order valence-corrected chi connectivity index (χ4v) is 2.40. The lowest BCUT2D eigenvalue weighted by atomic mass is 10.1. The summed E-state index contributed by atoms with van der Waals surface area (Å²) in [4.78, 5) is 35.8. The lowest BCUT2D eigenvalue weighted by Gasteiger charge is -2.08. The molecule has 0 saturated heterocycles. The molecule has 0 unspecified atom stereocenters. The largest absolute Gasteiger partial charge is 0.482 e. The highest BCUT2D eigenvalue weighted by atomic mass is 19.1. The second kappa shape index (κ2) is 8.30. The molecular weight excluding hydrogens is 365 g/mol. The molecule has 0 aliphatic heterocycles. The fourth-order valence-electron chi connectivity index (χ4n) is 2.40. The summed E-state index contributed by atoms with van der Waals surface area (Å²) in [6, 6.07) is 13.4. The van der Waals surface area contributed by atoms with Gasteiger partial charge < -0.3 is 14.5 Å². The Morgan fingerprint density at radius 3 is 2.61 bits per heavy atom. The van der Waals surface area contributed by atoms with Crippen LogP contribution in [0.5, 0.6) is 5.75 Å². The first-order valence-corrected chi connectivity index (χ1v) is 8.35. The van der Waals surface area contributed by atoms with Crippen LogP contribution < -0.4 is 15.5 Å². The van der Waals surface area contributed by atoms with Crippen molar-refractivity contribution in [1.29, 1.82) is 0 Å². The van der Waals surface area contributed by atoms with Crippen LogP contribution in [-0.2, 0) is 6.61 Å². The van der Waals surface area contributed by atoms with Crippen molar-refractivity contribution in [3.8, 4) is 5.75 Å². The minimum atomic E-state index is -0.654. The molecule has 28 heavy (non-hydrogen) atoms. The number of halogens is 1. The molecule has 0 radical (unpaired) electrons. The highest BCUT2D eigenvalue weighted by Crippen LogP contribution is 2.15. The number of benzene rings is 2. The van der Waals surface area contributed by atoms with Crippen LogP contribution in [0.2, 0.25) is 0 Å². The van der Waals surface area contributed by atoms with Gasteiger partial charge in [-0.25, -0.2) is 4.39 Å². The van der Waals surface area contributed by atoms with Gasteiger partial charge in [0, 0.05) is 22.9 Å². The third-order valence-corrected chi connectivity index (χ3v) is 3.89. The van der Waals surface area contributed by atoms with Crippen molar-refractivity contribution >= 4 is 17.4 Å². The Balaban J connectivity index is 1.70. The van der Waals surface area contributed by atoms with Gasteiger partial charge in [0.05, 0.1) is 0 Å². The van der Waals surface area contributed by atoms with Crippen LogP contribution >= 0.6 is 0 Å². The second-order valence-corrected chi connectivity index (χ2v) is 5.94. The van der Waals surface area contributed by atoms with Crippen LogP contribution in [0.1, 0.15) is 33.4 Å². The Morgan fingerprint density at radius 1 is 1.11 bits per heavy atom. The molecule has 0 fully saturated rings. The number of carbonyl (C=O) groups excluding carboxylic acids is 2. The zero-order valence-corrected chi connectivity index (χ0v) is 14.9. The molecule has 0 bridgehead atoms. The number of hydrogen-bond donors (Lipinski definition) is 1. The second-order valence-electron chi connectivity index (χ2n) is 5.94. The van der Waals surface area contributed by atoms with E-state index in [0.29, 0.717) is 11.3 Å². The lowest BCUT2D eigenvalue weighted by Crippen LogP contribution is -2.16. The van der Waals surface area contributed by atoms with E-state index in [-0.39, 0.29) is 29.5 Å². The van der Waals surface area contributed by atoms with Crippen LogP contribution in [0.4, 0.5) is 10.1 Å². The number of nitrogens with one attached hydrogen (secondary N) is 1. The summed E-state index contributed by atoms with van der Waals surface area (Å²) in [7, 11) is 0. The molecule has 142 valence electrons. The lowest BCUT2D eigenvalue weighted by molar-refractivity contribution is 0.0989.